The lowest BCUT2D eigenvalue weighted by molar-refractivity contribution is 0.409. The Hall–Kier alpha value is -2.26. The topological polar surface area (TPSA) is 72.5 Å². The van der Waals surface area contributed by atoms with Crippen LogP contribution in [0.15, 0.2) is 5.11 Å². The van der Waals surface area contributed by atoms with Crippen LogP contribution >= 0.6 is 0 Å². The maximum atomic E-state index is 12.9. The minimum absolute atomic E-state index is 1.07. The van der Waals surface area contributed by atoms with Gasteiger partial charge in [0.1, 0.15) is 11.6 Å². The summed E-state index contributed by atoms with van der Waals surface area (Å²) in [5, 5.41) is 10.9. The molecule has 0 aliphatic heterocycles. The Morgan fingerprint density at radius 3 is 2.07 bits per heavy atom. The molecule has 0 heterocycles. The molecule has 0 unspecified atom stereocenters. The molecule has 0 aliphatic rings. The van der Waals surface area contributed by atoms with Crippen LogP contribution in [0.4, 0.5) is 23.2 Å². The van der Waals surface area contributed by atoms with Crippen molar-refractivity contribution in [3.63, 3.8) is 0 Å². The predicted molar refractivity (Wildman–Crippen MR) is 39.8 cm³/mol. The Balaban J connectivity index is 3.79. The zero-order valence-electron chi connectivity index (χ0n) is 6.80. The number of rotatable bonds is 1. The minimum Gasteiger partial charge on any atom is -0.203 e. The van der Waals surface area contributed by atoms with Gasteiger partial charge in [0.2, 0.25) is 0 Å². The summed E-state index contributed by atoms with van der Waals surface area (Å²) in [6.07, 6.45) is 0. The summed E-state index contributed by atoms with van der Waals surface area (Å²) in [6.45, 7) is 0. The fourth-order valence-corrected chi connectivity index (χ4v) is 0.861. The second-order valence-corrected chi connectivity index (χ2v) is 2.28. The molecule has 0 amide bonds. The summed E-state index contributed by atoms with van der Waals surface area (Å²) in [5.74, 6) is -8.04. The van der Waals surface area contributed by atoms with Crippen molar-refractivity contribution in [2.45, 2.75) is 0 Å². The molecule has 76 valence electrons. The van der Waals surface area contributed by atoms with Gasteiger partial charge in [-0.2, -0.15) is 5.26 Å². The first-order valence-corrected chi connectivity index (χ1v) is 3.35. The van der Waals surface area contributed by atoms with Gasteiger partial charge < -0.3 is 0 Å². The maximum absolute atomic E-state index is 12.9. The van der Waals surface area contributed by atoms with Gasteiger partial charge in [0.25, 0.3) is 0 Å². The van der Waals surface area contributed by atoms with E-state index in [4.69, 9.17) is 10.8 Å². The number of nitrogens with zero attached hydrogens (tertiary/aromatic N) is 4. The van der Waals surface area contributed by atoms with Gasteiger partial charge >= 0.3 is 0 Å². The molecule has 0 atom stereocenters. The smallest absolute Gasteiger partial charge is 0.198 e. The number of hydrogen-bond donors (Lipinski definition) is 0. The van der Waals surface area contributed by atoms with E-state index < -0.39 is 34.5 Å². The summed E-state index contributed by atoms with van der Waals surface area (Å²) in [4.78, 5) is 2.07. The second kappa shape index (κ2) is 3.86. The van der Waals surface area contributed by atoms with Gasteiger partial charge in [-0.3, -0.25) is 0 Å². The third kappa shape index (κ3) is 1.56. The van der Waals surface area contributed by atoms with Crippen LogP contribution < -0.4 is 0 Å². The zero-order valence-corrected chi connectivity index (χ0v) is 6.80. The van der Waals surface area contributed by atoms with Gasteiger partial charge in [-0.1, -0.05) is 5.11 Å². The van der Waals surface area contributed by atoms with Crippen LogP contribution in [0.3, 0.4) is 0 Å². The number of hydrogen-bond acceptors (Lipinski definition) is 2. The lowest BCUT2D eigenvalue weighted by Crippen LogP contribution is -2.00. The SMILES string of the molecule is N#Cc1c(F)c(F)c(F)c(F)c1N=[N+]=[N-]. The van der Waals surface area contributed by atoms with Crippen molar-refractivity contribution in [1.82, 2.24) is 0 Å². The summed E-state index contributed by atoms with van der Waals surface area (Å²) in [5.41, 5.74) is 5.58. The lowest BCUT2D eigenvalue weighted by Gasteiger charge is -2.03. The highest BCUT2D eigenvalue weighted by Gasteiger charge is 2.24. The van der Waals surface area contributed by atoms with Crippen molar-refractivity contribution in [2.75, 3.05) is 0 Å². The van der Waals surface area contributed by atoms with Crippen LogP contribution in [0.5, 0.6) is 0 Å². The molecule has 0 aromatic heterocycles. The number of nitriles is 1. The Bertz CT molecular complexity index is 513. The molecule has 4 nitrogen and oxygen atoms in total. The molecule has 0 aliphatic carbocycles. The molecule has 0 N–H and O–H groups in total. The first-order chi connectivity index (χ1) is 7.04. The first kappa shape index (κ1) is 10.8. The highest BCUT2D eigenvalue weighted by atomic mass is 19.2. The van der Waals surface area contributed by atoms with E-state index >= 15 is 0 Å². The van der Waals surface area contributed by atoms with Crippen LogP contribution in [0.1, 0.15) is 5.56 Å². The number of azide groups is 1. The molecule has 0 radical (unpaired) electrons. The lowest BCUT2D eigenvalue weighted by atomic mass is 10.1. The molecule has 1 rings (SSSR count). The van der Waals surface area contributed by atoms with E-state index in [2.05, 4.69) is 10.0 Å². The van der Waals surface area contributed by atoms with Crippen molar-refractivity contribution in [1.29, 1.82) is 5.26 Å². The number of halogens is 4. The van der Waals surface area contributed by atoms with E-state index in [1.165, 1.54) is 0 Å². The molecule has 0 saturated heterocycles. The minimum atomic E-state index is -2.13. The molecule has 0 saturated carbocycles. The fourth-order valence-electron chi connectivity index (χ4n) is 0.861. The van der Waals surface area contributed by atoms with Gasteiger partial charge in [0.05, 0.1) is 5.69 Å². The Morgan fingerprint density at radius 1 is 1.07 bits per heavy atom. The average molecular weight is 216 g/mol. The normalized spacial score (nSPS) is 9.27. The van der Waals surface area contributed by atoms with E-state index in [9.17, 15) is 17.6 Å². The average Bonchev–Trinajstić information content (AvgIpc) is 2.24. The zero-order chi connectivity index (χ0) is 11.6. The highest BCUT2D eigenvalue weighted by molar-refractivity contribution is 5.55. The molecule has 1 aromatic rings. The third-order valence-electron chi connectivity index (χ3n) is 1.50. The summed E-state index contributed by atoms with van der Waals surface area (Å²) >= 11 is 0. The van der Waals surface area contributed by atoms with Crippen LogP contribution in [-0.2, 0) is 0 Å². The van der Waals surface area contributed by atoms with Gasteiger partial charge in [0, 0.05) is 4.91 Å². The van der Waals surface area contributed by atoms with Crippen LogP contribution in [0.25, 0.3) is 10.4 Å². The Morgan fingerprint density at radius 2 is 1.60 bits per heavy atom. The van der Waals surface area contributed by atoms with E-state index in [-0.39, 0.29) is 0 Å². The van der Waals surface area contributed by atoms with Gasteiger partial charge in [-0.05, 0) is 5.53 Å². The predicted octanol–water partition coefficient (Wildman–Crippen LogP) is 3.06. The summed E-state index contributed by atoms with van der Waals surface area (Å²) in [6, 6.07) is 1.07. The van der Waals surface area contributed by atoms with Crippen LogP contribution in [-0.4, -0.2) is 0 Å². The molecule has 1 aromatic carbocycles. The van der Waals surface area contributed by atoms with Crippen molar-refractivity contribution < 1.29 is 17.6 Å². The molecule has 0 spiro atoms. The standard InChI is InChI=1S/C7F4N4/c8-3-2(1-12)7(14-15-13)6(11)5(10)4(3)9. The van der Waals surface area contributed by atoms with E-state index in [0.29, 0.717) is 0 Å². The first-order valence-electron chi connectivity index (χ1n) is 3.35. The molecule has 0 bridgehead atoms. The van der Waals surface area contributed by atoms with Crippen molar-refractivity contribution in [2.24, 2.45) is 5.11 Å². The van der Waals surface area contributed by atoms with Crippen LogP contribution in [0.2, 0.25) is 0 Å². The Labute approximate surface area is 80.0 Å². The van der Waals surface area contributed by atoms with E-state index in [1.807, 2.05) is 0 Å². The fraction of sp³-hybridized carbons (Fsp3) is 0. The summed E-state index contributed by atoms with van der Waals surface area (Å²) < 4.78 is 50.9. The molecule has 0 fully saturated rings. The van der Waals surface area contributed by atoms with E-state index in [1.54, 1.807) is 0 Å². The van der Waals surface area contributed by atoms with Crippen molar-refractivity contribution in [3.8, 4) is 6.07 Å². The molecular formula is C7F4N4. The highest BCUT2D eigenvalue weighted by Crippen LogP contribution is 2.30. The monoisotopic (exact) mass is 216 g/mol. The van der Waals surface area contributed by atoms with Gasteiger partial charge in [0.15, 0.2) is 23.3 Å². The third-order valence-corrected chi connectivity index (χ3v) is 1.50. The largest absolute Gasteiger partial charge is 0.203 e. The van der Waals surface area contributed by atoms with Gasteiger partial charge in [-0.15, -0.1) is 0 Å². The van der Waals surface area contributed by atoms with Gasteiger partial charge in [-0.25, -0.2) is 17.6 Å². The Kier molecular flexibility index (Phi) is 2.78. The molecule has 8 heteroatoms. The van der Waals surface area contributed by atoms with Crippen LogP contribution in [0, 0.1) is 34.6 Å². The van der Waals surface area contributed by atoms with Crippen molar-refractivity contribution in [3.05, 3.63) is 39.3 Å². The molecular weight excluding hydrogens is 216 g/mol. The number of benzene rings is 1. The quantitative estimate of drug-likeness (QED) is 0.177. The van der Waals surface area contributed by atoms with E-state index in [0.717, 1.165) is 6.07 Å². The molecule has 15 heavy (non-hydrogen) atoms. The maximum Gasteiger partial charge on any atom is 0.198 e. The van der Waals surface area contributed by atoms with Crippen molar-refractivity contribution >= 4 is 5.69 Å². The second-order valence-electron chi connectivity index (χ2n) is 2.28. The summed E-state index contributed by atoms with van der Waals surface area (Å²) in [7, 11) is 0.